The van der Waals surface area contributed by atoms with Crippen molar-refractivity contribution in [1.29, 1.82) is 0 Å². The topological polar surface area (TPSA) is 29.5 Å². The number of rotatable bonds is 3. The summed E-state index contributed by atoms with van der Waals surface area (Å²) in [6, 6.07) is 16.5. The Kier molecular flexibility index (Phi) is 3.50. The molecular weight excluding hydrogens is 224 g/mol. The lowest BCUT2D eigenvalue weighted by Crippen LogP contribution is -2.19. The molecule has 0 aliphatic heterocycles. The Morgan fingerprint density at radius 1 is 0.833 bits per heavy atom. The zero-order chi connectivity index (χ0) is 13.2. The molecule has 0 aliphatic rings. The zero-order valence-electron chi connectivity index (χ0n) is 11.0. The summed E-state index contributed by atoms with van der Waals surface area (Å²) in [4.78, 5) is 4.49. The lowest BCUT2D eigenvalue weighted by atomic mass is 9.95. The summed E-state index contributed by atoms with van der Waals surface area (Å²) in [6.45, 7) is 5.73. The number of hydrogen-bond acceptors (Lipinski definition) is 2. The van der Waals surface area contributed by atoms with Crippen LogP contribution in [0.3, 0.4) is 0 Å². The van der Waals surface area contributed by atoms with Gasteiger partial charge in [0.05, 0.1) is 0 Å². The standard InChI is InChI=1S/C16H18O2/c1-12-4-6-13(7-5-12)14-8-10-15(11-9-14)16(2,3)18-17/h4-11,17H,1-3H3. The average molecular weight is 242 g/mol. The largest absolute Gasteiger partial charge is 0.251 e. The molecule has 94 valence electrons. The van der Waals surface area contributed by atoms with Crippen LogP contribution in [0.5, 0.6) is 0 Å². The van der Waals surface area contributed by atoms with Crippen LogP contribution in [0.1, 0.15) is 25.0 Å². The molecule has 0 bridgehead atoms. The van der Waals surface area contributed by atoms with E-state index in [0.29, 0.717) is 0 Å². The normalized spacial score (nSPS) is 11.6. The first kappa shape index (κ1) is 12.8. The predicted molar refractivity (Wildman–Crippen MR) is 73.4 cm³/mol. The maximum absolute atomic E-state index is 8.86. The highest BCUT2D eigenvalue weighted by molar-refractivity contribution is 5.64. The van der Waals surface area contributed by atoms with Gasteiger partial charge in [0.25, 0.3) is 0 Å². The van der Waals surface area contributed by atoms with E-state index in [9.17, 15) is 0 Å². The Morgan fingerprint density at radius 3 is 1.72 bits per heavy atom. The van der Waals surface area contributed by atoms with Gasteiger partial charge in [0.2, 0.25) is 0 Å². The molecule has 1 N–H and O–H groups in total. The number of benzene rings is 2. The molecular formula is C16H18O2. The first-order valence-corrected chi connectivity index (χ1v) is 6.03. The summed E-state index contributed by atoms with van der Waals surface area (Å²) in [5.41, 5.74) is 3.87. The zero-order valence-corrected chi connectivity index (χ0v) is 11.0. The molecule has 0 fully saturated rings. The summed E-state index contributed by atoms with van der Waals surface area (Å²) in [5.74, 6) is 0. The van der Waals surface area contributed by atoms with Crippen LogP contribution in [0.25, 0.3) is 11.1 Å². The maximum atomic E-state index is 8.86. The highest BCUT2D eigenvalue weighted by Crippen LogP contribution is 2.27. The smallest absolute Gasteiger partial charge is 0.123 e. The van der Waals surface area contributed by atoms with Gasteiger partial charge in [0.15, 0.2) is 0 Å². The van der Waals surface area contributed by atoms with Gasteiger partial charge in [-0.3, -0.25) is 5.26 Å². The molecule has 0 saturated carbocycles. The van der Waals surface area contributed by atoms with Gasteiger partial charge in [0.1, 0.15) is 5.60 Å². The molecule has 18 heavy (non-hydrogen) atoms. The highest BCUT2D eigenvalue weighted by Gasteiger charge is 2.21. The number of aryl methyl sites for hydroxylation is 1. The van der Waals surface area contributed by atoms with E-state index in [1.54, 1.807) is 0 Å². The minimum atomic E-state index is -0.675. The van der Waals surface area contributed by atoms with Gasteiger partial charge >= 0.3 is 0 Å². The third kappa shape index (κ3) is 2.61. The van der Waals surface area contributed by atoms with Gasteiger partial charge in [-0.25, -0.2) is 4.89 Å². The van der Waals surface area contributed by atoms with E-state index in [1.165, 1.54) is 11.1 Å². The van der Waals surface area contributed by atoms with Crippen LogP contribution in [0.4, 0.5) is 0 Å². The molecule has 0 aliphatic carbocycles. The summed E-state index contributed by atoms with van der Waals surface area (Å²) in [6.07, 6.45) is 0. The lowest BCUT2D eigenvalue weighted by molar-refractivity contribution is -0.318. The van der Waals surface area contributed by atoms with E-state index in [2.05, 4.69) is 36.1 Å². The van der Waals surface area contributed by atoms with E-state index in [1.807, 2.05) is 38.1 Å². The minimum absolute atomic E-state index is 0.675. The molecule has 2 aromatic rings. The Labute approximate surface area is 108 Å². The first-order valence-electron chi connectivity index (χ1n) is 6.03. The van der Waals surface area contributed by atoms with Crippen molar-refractivity contribution >= 4 is 0 Å². The minimum Gasteiger partial charge on any atom is -0.251 e. The van der Waals surface area contributed by atoms with E-state index in [4.69, 9.17) is 5.26 Å². The first-order chi connectivity index (χ1) is 8.53. The Morgan fingerprint density at radius 2 is 1.28 bits per heavy atom. The van der Waals surface area contributed by atoms with Crippen LogP contribution >= 0.6 is 0 Å². The molecule has 0 saturated heterocycles. The van der Waals surface area contributed by atoms with Crippen molar-refractivity contribution in [2.24, 2.45) is 0 Å². The van der Waals surface area contributed by atoms with Gasteiger partial charge < -0.3 is 0 Å². The van der Waals surface area contributed by atoms with Crippen LogP contribution in [0, 0.1) is 6.92 Å². The third-order valence-corrected chi connectivity index (χ3v) is 3.19. The molecule has 2 rings (SSSR count). The maximum Gasteiger partial charge on any atom is 0.123 e. The predicted octanol–water partition coefficient (Wildman–Crippen LogP) is 4.39. The molecule has 0 aromatic heterocycles. The molecule has 0 spiro atoms. The summed E-state index contributed by atoms with van der Waals surface area (Å²) < 4.78 is 0. The second kappa shape index (κ2) is 4.92. The molecule has 0 amide bonds. The van der Waals surface area contributed by atoms with Crippen LogP contribution < -0.4 is 0 Å². The fourth-order valence-corrected chi connectivity index (χ4v) is 1.86. The SMILES string of the molecule is Cc1ccc(-c2ccc(C(C)(C)OO)cc2)cc1. The van der Waals surface area contributed by atoms with Crippen molar-refractivity contribution in [3.63, 3.8) is 0 Å². The van der Waals surface area contributed by atoms with Gasteiger partial charge in [-0.05, 0) is 37.5 Å². The fraction of sp³-hybridized carbons (Fsp3) is 0.250. The quantitative estimate of drug-likeness (QED) is 0.639. The summed E-state index contributed by atoms with van der Waals surface area (Å²) in [5, 5.41) is 8.86. The van der Waals surface area contributed by atoms with E-state index < -0.39 is 5.60 Å². The monoisotopic (exact) mass is 242 g/mol. The Hall–Kier alpha value is -1.64. The second-order valence-corrected chi connectivity index (χ2v) is 5.04. The summed E-state index contributed by atoms with van der Waals surface area (Å²) in [7, 11) is 0. The van der Waals surface area contributed by atoms with Crippen LogP contribution in [-0.2, 0) is 10.5 Å². The van der Waals surface area contributed by atoms with Crippen molar-refractivity contribution in [1.82, 2.24) is 0 Å². The molecule has 2 aromatic carbocycles. The summed E-state index contributed by atoms with van der Waals surface area (Å²) >= 11 is 0. The number of hydrogen-bond donors (Lipinski definition) is 1. The average Bonchev–Trinajstić information content (AvgIpc) is 2.40. The van der Waals surface area contributed by atoms with Gasteiger partial charge in [-0.2, -0.15) is 0 Å². The van der Waals surface area contributed by atoms with E-state index in [0.717, 1.165) is 11.1 Å². The molecule has 0 atom stereocenters. The van der Waals surface area contributed by atoms with Crippen LogP contribution in [0.2, 0.25) is 0 Å². The molecule has 0 unspecified atom stereocenters. The lowest BCUT2D eigenvalue weighted by Gasteiger charge is -2.21. The van der Waals surface area contributed by atoms with Gasteiger partial charge in [0, 0.05) is 0 Å². The van der Waals surface area contributed by atoms with Gasteiger partial charge in [-0.15, -0.1) is 0 Å². The van der Waals surface area contributed by atoms with E-state index >= 15 is 0 Å². The van der Waals surface area contributed by atoms with E-state index in [-0.39, 0.29) is 0 Å². The van der Waals surface area contributed by atoms with Crippen molar-refractivity contribution < 1.29 is 10.1 Å². The third-order valence-electron chi connectivity index (χ3n) is 3.19. The molecule has 2 heteroatoms. The molecule has 2 nitrogen and oxygen atoms in total. The fourth-order valence-electron chi connectivity index (χ4n) is 1.86. The van der Waals surface area contributed by atoms with Crippen molar-refractivity contribution in [3.8, 4) is 11.1 Å². The van der Waals surface area contributed by atoms with Gasteiger partial charge in [-0.1, -0.05) is 54.1 Å². The van der Waals surface area contributed by atoms with Crippen molar-refractivity contribution in [3.05, 3.63) is 59.7 Å². The molecule has 0 heterocycles. The van der Waals surface area contributed by atoms with Crippen LogP contribution in [-0.4, -0.2) is 5.26 Å². The van der Waals surface area contributed by atoms with Crippen molar-refractivity contribution in [2.75, 3.05) is 0 Å². The Balaban J connectivity index is 2.30. The molecule has 0 radical (unpaired) electrons. The van der Waals surface area contributed by atoms with Crippen LogP contribution in [0.15, 0.2) is 48.5 Å². The highest BCUT2D eigenvalue weighted by atomic mass is 17.1. The van der Waals surface area contributed by atoms with Crippen molar-refractivity contribution in [2.45, 2.75) is 26.4 Å². The second-order valence-electron chi connectivity index (χ2n) is 5.04. The Bertz CT molecular complexity index is 510.